The number of benzene rings is 2. The standard InChI is InChI=1S/C17H24N4O2S/c1-21(13-14-6-3-2-4-7-14)9-5-8-20-16-10-15(18)11-17(12-16)24(19,22)23/h2-4,6-7,10-12,20H,5,8-9,13,18H2,1H3,(H2,19,22,23). The van der Waals surface area contributed by atoms with Gasteiger partial charge < -0.3 is 16.0 Å². The molecule has 0 radical (unpaired) electrons. The summed E-state index contributed by atoms with van der Waals surface area (Å²) in [5, 5.41) is 8.34. The lowest BCUT2D eigenvalue weighted by molar-refractivity contribution is 0.325. The number of primary sulfonamides is 1. The zero-order valence-electron chi connectivity index (χ0n) is 13.8. The van der Waals surface area contributed by atoms with Crippen molar-refractivity contribution in [1.29, 1.82) is 0 Å². The number of sulfonamides is 1. The van der Waals surface area contributed by atoms with Gasteiger partial charge in [-0.15, -0.1) is 0 Å². The normalized spacial score (nSPS) is 11.6. The molecule has 0 fully saturated rings. The Morgan fingerprint density at radius 2 is 1.83 bits per heavy atom. The summed E-state index contributed by atoms with van der Waals surface area (Å²) in [6.07, 6.45) is 0.919. The second-order valence-electron chi connectivity index (χ2n) is 5.84. The number of nitrogen functional groups attached to an aromatic ring is 1. The molecule has 0 heterocycles. The Morgan fingerprint density at radius 3 is 2.50 bits per heavy atom. The molecule has 2 aromatic rings. The zero-order valence-corrected chi connectivity index (χ0v) is 14.6. The first-order chi connectivity index (χ1) is 11.3. The van der Waals surface area contributed by atoms with Crippen LogP contribution in [0, 0.1) is 0 Å². The second-order valence-corrected chi connectivity index (χ2v) is 7.40. The molecule has 0 aliphatic heterocycles. The maximum Gasteiger partial charge on any atom is 0.238 e. The molecule has 0 amide bonds. The summed E-state index contributed by atoms with van der Waals surface area (Å²) in [5.41, 5.74) is 8.03. The molecule has 130 valence electrons. The van der Waals surface area contributed by atoms with Gasteiger partial charge in [0.1, 0.15) is 0 Å². The molecule has 24 heavy (non-hydrogen) atoms. The minimum absolute atomic E-state index is 0.0196. The number of nitrogens with one attached hydrogen (secondary N) is 1. The Hall–Kier alpha value is -2.09. The maximum atomic E-state index is 11.4. The molecule has 0 unspecified atom stereocenters. The van der Waals surface area contributed by atoms with Crippen LogP contribution in [0.1, 0.15) is 12.0 Å². The third-order valence-electron chi connectivity index (χ3n) is 3.60. The van der Waals surface area contributed by atoms with E-state index < -0.39 is 10.0 Å². The van der Waals surface area contributed by atoms with Crippen molar-refractivity contribution in [1.82, 2.24) is 4.90 Å². The number of hydrogen-bond acceptors (Lipinski definition) is 5. The van der Waals surface area contributed by atoms with Crippen LogP contribution >= 0.6 is 0 Å². The molecule has 0 saturated carbocycles. The molecule has 0 saturated heterocycles. The number of anilines is 2. The van der Waals surface area contributed by atoms with E-state index in [9.17, 15) is 8.42 Å². The van der Waals surface area contributed by atoms with E-state index in [1.165, 1.54) is 17.7 Å². The molecule has 7 heteroatoms. The largest absolute Gasteiger partial charge is 0.399 e. The molecule has 0 atom stereocenters. The van der Waals surface area contributed by atoms with Crippen LogP contribution in [0.25, 0.3) is 0 Å². The van der Waals surface area contributed by atoms with Gasteiger partial charge in [0, 0.05) is 24.5 Å². The van der Waals surface area contributed by atoms with Gasteiger partial charge in [-0.25, -0.2) is 13.6 Å². The van der Waals surface area contributed by atoms with Crippen LogP contribution in [-0.4, -0.2) is 33.5 Å². The highest BCUT2D eigenvalue weighted by atomic mass is 32.2. The summed E-state index contributed by atoms with van der Waals surface area (Å²) in [4.78, 5) is 2.26. The lowest BCUT2D eigenvalue weighted by Gasteiger charge is -2.17. The fraction of sp³-hybridized carbons (Fsp3) is 0.294. The minimum Gasteiger partial charge on any atom is -0.399 e. The Labute approximate surface area is 143 Å². The Kier molecular flexibility index (Phi) is 6.19. The monoisotopic (exact) mass is 348 g/mol. The van der Waals surface area contributed by atoms with Gasteiger partial charge in [-0.05, 0) is 43.8 Å². The molecule has 0 aliphatic carbocycles. The quantitative estimate of drug-likeness (QED) is 0.499. The van der Waals surface area contributed by atoms with Crippen LogP contribution in [-0.2, 0) is 16.6 Å². The van der Waals surface area contributed by atoms with Crippen molar-refractivity contribution in [3.63, 3.8) is 0 Å². The van der Waals surface area contributed by atoms with Crippen molar-refractivity contribution in [2.45, 2.75) is 17.9 Å². The second kappa shape index (κ2) is 8.14. The topological polar surface area (TPSA) is 101 Å². The molecule has 2 aromatic carbocycles. The number of hydrogen-bond donors (Lipinski definition) is 3. The summed E-state index contributed by atoms with van der Waals surface area (Å²) in [7, 11) is -1.68. The first kappa shape index (κ1) is 18.3. The molecule has 0 aromatic heterocycles. The highest BCUT2D eigenvalue weighted by Gasteiger charge is 2.09. The van der Waals surface area contributed by atoms with Gasteiger partial charge in [-0.3, -0.25) is 0 Å². The predicted molar refractivity (Wildman–Crippen MR) is 98.1 cm³/mol. The van der Waals surface area contributed by atoms with Crippen LogP contribution in [0.4, 0.5) is 11.4 Å². The Morgan fingerprint density at radius 1 is 1.12 bits per heavy atom. The van der Waals surface area contributed by atoms with Crippen molar-refractivity contribution in [2.75, 3.05) is 31.2 Å². The molecule has 5 N–H and O–H groups in total. The number of nitrogens with zero attached hydrogens (tertiary/aromatic N) is 1. The van der Waals surface area contributed by atoms with E-state index in [4.69, 9.17) is 10.9 Å². The zero-order chi connectivity index (χ0) is 17.6. The fourth-order valence-electron chi connectivity index (χ4n) is 2.44. The van der Waals surface area contributed by atoms with Crippen molar-refractivity contribution < 1.29 is 8.42 Å². The van der Waals surface area contributed by atoms with Crippen LogP contribution in [0.3, 0.4) is 0 Å². The van der Waals surface area contributed by atoms with Crippen LogP contribution < -0.4 is 16.2 Å². The third-order valence-corrected chi connectivity index (χ3v) is 4.49. The predicted octanol–water partition coefficient (Wildman–Crippen LogP) is 1.85. The lowest BCUT2D eigenvalue weighted by atomic mass is 10.2. The molecule has 2 rings (SSSR count). The maximum absolute atomic E-state index is 11.4. The molecular weight excluding hydrogens is 324 g/mol. The van der Waals surface area contributed by atoms with Gasteiger partial charge in [0.25, 0.3) is 0 Å². The molecule has 0 bridgehead atoms. The van der Waals surface area contributed by atoms with Crippen LogP contribution in [0.2, 0.25) is 0 Å². The highest BCUT2D eigenvalue weighted by Crippen LogP contribution is 2.19. The SMILES string of the molecule is CN(CCCNc1cc(N)cc(S(N)(=O)=O)c1)Cc1ccccc1. The summed E-state index contributed by atoms with van der Waals surface area (Å²) < 4.78 is 22.8. The molecule has 0 aliphatic rings. The summed E-state index contributed by atoms with van der Waals surface area (Å²) in [5.74, 6) is 0. The third kappa shape index (κ3) is 5.84. The molecular formula is C17H24N4O2S. The van der Waals surface area contributed by atoms with Gasteiger partial charge in [0.05, 0.1) is 4.90 Å². The minimum atomic E-state index is -3.75. The average Bonchev–Trinajstić information content (AvgIpc) is 2.51. The van der Waals surface area contributed by atoms with Gasteiger partial charge >= 0.3 is 0 Å². The Bertz CT molecular complexity index is 763. The Balaban J connectivity index is 1.81. The molecule has 6 nitrogen and oxygen atoms in total. The first-order valence-electron chi connectivity index (χ1n) is 7.74. The van der Waals surface area contributed by atoms with Gasteiger partial charge in [0.2, 0.25) is 10.0 Å². The summed E-state index contributed by atoms with van der Waals surface area (Å²) >= 11 is 0. The van der Waals surface area contributed by atoms with Gasteiger partial charge in [0.15, 0.2) is 0 Å². The van der Waals surface area contributed by atoms with E-state index in [0.717, 1.165) is 19.5 Å². The fourth-order valence-corrected chi connectivity index (χ4v) is 3.04. The van der Waals surface area contributed by atoms with Crippen molar-refractivity contribution >= 4 is 21.4 Å². The lowest BCUT2D eigenvalue weighted by Crippen LogP contribution is -2.21. The van der Waals surface area contributed by atoms with E-state index in [2.05, 4.69) is 29.4 Å². The number of nitrogens with two attached hydrogens (primary N) is 2. The van der Waals surface area contributed by atoms with Gasteiger partial charge in [-0.1, -0.05) is 30.3 Å². The van der Waals surface area contributed by atoms with E-state index in [1.54, 1.807) is 6.07 Å². The van der Waals surface area contributed by atoms with Crippen molar-refractivity contribution in [2.24, 2.45) is 5.14 Å². The average molecular weight is 348 g/mol. The van der Waals surface area contributed by atoms with E-state index >= 15 is 0 Å². The number of rotatable bonds is 8. The first-order valence-corrected chi connectivity index (χ1v) is 9.29. The van der Waals surface area contributed by atoms with Crippen LogP contribution in [0.15, 0.2) is 53.4 Å². The molecule has 0 spiro atoms. The van der Waals surface area contributed by atoms with E-state index in [1.807, 2.05) is 18.2 Å². The van der Waals surface area contributed by atoms with Crippen LogP contribution in [0.5, 0.6) is 0 Å². The van der Waals surface area contributed by atoms with Gasteiger partial charge in [-0.2, -0.15) is 0 Å². The smallest absolute Gasteiger partial charge is 0.238 e. The van der Waals surface area contributed by atoms with Crippen molar-refractivity contribution in [3.8, 4) is 0 Å². The highest BCUT2D eigenvalue weighted by molar-refractivity contribution is 7.89. The van der Waals surface area contributed by atoms with E-state index in [-0.39, 0.29) is 4.90 Å². The summed E-state index contributed by atoms with van der Waals surface area (Å²) in [6, 6.07) is 14.8. The summed E-state index contributed by atoms with van der Waals surface area (Å²) in [6.45, 7) is 2.54. The van der Waals surface area contributed by atoms with E-state index in [0.29, 0.717) is 17.9 Å². The van der Waals surface area contributed by atoms with Crippen molar-refractivity contribution in [3.05, 3.63) is 54.1 Å².